The van der Waals surface area contributed by atoms with Gasteiger partial charge in [0.05, 0.1) is 18.1 Å². The summed E-state index contributed by atoms with van der Waals surface area (Å²) in [6.45, 7) is 5.12. The van der Waals surface area contributed by atoms with E-state index in [1.807, 2.05) is 31.2 Å². The molecule has 22 heavy (non-hydrogen) atoms. The first kappa shape index (κ1) is 14.6. The molecule has 114 valence electrons. The Morgan fingerprint density at radius 1 is 1.05 bits per heavy atom. The van der Waals surface area contributed by atoms with Crippen molar-refractivity contribution in [3.8, 4) is 5.75 Å². The maximum Gasteiger partial charge on any atom is 0.197 e. The maximum absolute atomic E-state index is 12.9. The van der Waals surface area contributed by atoms with E-state index in [4.69, 9.17) is 4.74 Å². The molecule has 0 unspecified atom stereocenters. The van der Waals surface area contributed by atoms with Crippen molar-refractivity contribution in [1.29, 1.82) is 0 Å². The number of hydrogen-bond donors (Lipinski definition) is 0. The Morgan fingerprint density at radius 2 is 1.73 bits per heavy atom. The molecule has 0 saturated carbocycles. The maximum atomic E-state index is 12.9. The minimum Gasteiger partial charge on any atom is -0.497 e. The number of pyridine rings is 1. The molecule has 0 spiro atoms. The van der Waals surface area contributed by atoms with E-state index in [9.17, 15) is 4.79 Å². The number of fused-ring (bicyclic) bond motifs is 2. The molecule has 1 aromatic heterocycles. The molecule has 1 heterocycles. The van der Waals surface area contributed by atoms with Gasteiger partial charge in [-0.25, -0.2) is 0 Å². The number of rotatable bonds is 4. The summed E-state index contributed by atoms with van der Waals surface area (Å²) in [6.07, 6.45) is 2.21. The Bertz CT molecular complexity index is 893. The van der Waals surface area contributed by atoms with Crippen molar-refractivity contribution in [3.63, 3.8) is 0 Å². The van der Waals surface area contributed by atoms with Gasteiger partial charge in [0.2, 0.25) is 0 Å². The number of aromatic nitrogens is 1. The van der Waals surface area contributed by atoms with Crippen molar-refractivity contribution in [2.24, 2.45) is 0 Å². The van der Waals surface area contributed by atoms with Crippen LogP contribution in [0.25, 0.3) is 21.8 Å². The number of ether oxygens (including phenoxy) is 1. The monoisotopic (exact) mass is 295 g/mol. The minimum atomic E-state index is 0.0837. The fourth-order valence-corrected chi connectivity index (χ4v) is 2.96. The topological polar surface area (TPSA) is 31.2 Å². The zero-order chi connectivity index (χ0) is 15.7. The zero-order valence-corrected chi connectivity index (χ0v) is 13.3. The highest BCUT2D eigenvalue weighted by Crippen LogP contribution is 2.24. The van der Waals surface area contributed by atoms with E-state index >= 15 is 0 Å². The van der Waals surface area contributed by atoms with Gasteiger partial charge < -0.3 is 9.30 Å². The van der Waals surface area contributed by atoms with Gasteiger partial charge in [-0.1, -0.05) is 25.0 Å². The molecule has 0 aliphatic carbocycles. The largest absolute Gasteiger partial charge is 0.497 e. The molecular weight excluding hydrogens is 274 g/mol. The predicted octanol–water partition coefficient (Wildman–Crippen LogP) is 4.27. The molecule has 0 N–H and O–H groups in total. The van der Waals surface area contributed by atoms with Crippen LogP contribution in [-0.4, -0.2) is 11.7 Å². The summed E-state index contributed by atoms with van der Waals surface area (Å²) in [7, 11) is 1.63. The van der Waals surface area contributed by atoms with Gasteiger partial charge in [-0.15, -0.1) is 0 Å². The van der Waals surface area contributed by atoms with Crippen molar-refractivity contribution in [3.05, 3.63) is 52.2 Å². The van der Waals surface area contributed by atoms with Crippen molar-refractivity contribution in [2.75, 3.05) is 7.11 Å². The number of benzene rings is 2. The third-order valence-electron chi connectivity index (χ3n) is 4.16. The van der Waals surface area contributed by atoms with Crippen LogP contribution in [0.3, 0.4) is 0 Å². The standard InChI is InChI=1S/C19H21NO2/c1-4-5-10-20-17-8-6-13(2)11-15(17)19(21)16-12-14(22-3)7-9-18(16)20/h6-9,11-12H,4-5,10H2,1-3H3. The number of aryl methyl sites for hydroxylation is 2. The fraction of sp³-hybridized carbons (Fsp3) is 0.316. The Morgan fingerprint density at radius 3 is 2.41 bits per heavy atom. The molecule has 3 aromatic rings. The van der Waals surface area contributed by atoms with Crippen LogP contribution < -0.4 is 10.2 Å². The lowest BCUT2D eigenvalue weighted by Gasteiger charge is -2.16. The number of unbranched alkanes of at least 4 members (excludes halogenated alkanes) is 1. The highest BCUT2D eigenvalue weighted by molar-refractivity contribution is 5.94. The van der Waals surface area contributed by atoms with Gasteiger partial charge in [0.15, 0.2) is 5.43 Å². The number of nitrogens with zero attached hydrogens (tertiary/aromatic N) is 1. The average molecular weight is 295 g/mol. The molecule has 0 fully saturated rings. The van der Waals surface area contributed by atoms with Crippen LogP contribution in [0.5, 0.6) is 5.75 Å². The van der Waals surface area contributed by atoms with E-state index in [1.165, 1.54) is 0 Å². The van der Waals surface area contributed by atoms with Crippen LogP contribution in [-0.2, 0) is 6.54 Å². The molecular formula is C19H21NO2. The highest BCUT2D eigenvalue weighted by atomic mass is 16.5. The van der Waals surface area contributed by atoms with Crippen molar-refractivity contribution < 1.29 is 4.74 Å². The Balaban J connectivity index is 2.44. The zero-order valence-electron chi connectivity index (χ0n) is 13.3. The van der Waals surface area contributed by atoms with Crippen LogP contribution in [0.4, 0.5) is 0 Å². The van der Waals surface area contributed by atoms with Crippen LogP contribution in [0.15, 0.2) is 41.2 Å². The summed E-state index contributed by atoms with van der Waals surface area (Å²) >= 11 is 0. The van der Waals surface area contributed by atoms with E-state index in [0.29, 0.717) is 0 Å². The first-order valence-corrected chi connectivity index (χ1v) is 7.76. The average Bonchev–Trinajstić information content (AvgIpc) is 2.55. The third-order valence-corrected chi connectivity index (χ3v) is 4.16. The van der Waals surface area contributed by atoms with E-state index < -0.39 is 0 Å². The van der Waals surface area contributed by atoms with Gasteiger partial charge in [0.1, 0.15) is 5.75 Å². The quantitative estimate of drug-likeness (QED) is 0.673. The van der Waals surface area contributed by atoms with Gasteiger partial charge in [0, 0.05) is 17.3 Å². The Hall–Kier alpha value is -2.29. The highest BCUT2D eigenvalue weighted by Gasteiger charge is 2.11. The molecule has 0 aliphatic heterocycles. The van der Waals surface area contributed by atoms with Crippen LogP contribution in [0, 0.1) is 6.92 Å². The summed E-state index contributed by atoms with van der Waals surface area (Å²) in [4.78, 5) is 12.9. The second-order valence-corrected chi connectivity index (χ2v) is 5.74. The molecule has 3 rings (SSSR count). The molecule has 0 atom stereocenters. The molecule has 3 heteroatoms. The van der Waals surface area contributed by atoms with E-state index in [2.05, 4.69) is 23.6 Å². The van der Waals surface area contributed by atoms with Gasteiger partial charge in [-0.2, -0.15) is 0 Å². The van der Waals surface area contributed by atoms with E-state index in [1.54, 1.807) is 7.11 Å². The molecule has 0 saturated heterocycles. The van der Waals surface area contributed by atoms with Gasteiger partial charge >= 0.3 is 0 Å². The molecule has 2 aromatic carbocycles. The first-order valence-electron chi connectivity index (χ1n) is 7.76. The SMILES string of the molecule is CCCCn1c2ccc(C)cc2c(=O)c2cc(OC)ccc21. The van der Waals surface area contributed by atoms with Crippen molar-refractivity contribution in [2.45, 2.75) is 33.2 Å². The number of hydrogen-bond acceptors (Lipinski definition) is 2. The van der Waals surface area contributed by atoms with Crippen molar-refractivity contribution >= 4 is 21.8 Å². The predicted molar refractivity (Wildman–Crippen MR) is 91.9 cm³/mol. The lowest BCUT2D eigenvalue weighted by atomic mass is 10.1. The van der Waals surface area contributed by atoms with E-state index in [0.717, 1.165) is 52.5 Å². The summed E-state index contributed by atoms with van der Waals surface area (Å²) in [5.74, 6) is 0.721. The lowest BCUT2D eigenvalue weighted by molar-refractivity contribution is 0.415. The van der Waals surface area contributed by atoms with Gasteiger partial charge in [-0.3, -0.25) is 4.79 Å². The second kappa shape index (κ2) is 5.84. The number of methoxy groups -OCH3 is 1. The summed E-state index contributed by atoms with van der Waals surface area (Å²) in [5.41, 5.74) is 3.19. The second-order valence-electron chi connectivity index (χ2n) is 5.74. The summed E-state index contributed by atoms with van der Waals surface area (Å²) in [5, 5.41) is 1.52. The lowest BCUT2D eigenvalue weighted by Crippen LogP contribution is -2.12. The third kappa shape index (κ3) is 2.37. The molecule has 3 nitrogen and oxygen atoms in total. The van der Waals surface area contributed by atoms with Gasteiger partial charge in [0.25, 0.3) is 0 Å². The Kier molecular flexibility index (Phi) is 3.88. The molecule has 0 radical (unpaired) electrons. The molecule has 0 amide bonds. The van der Waals surface area contributed by atoms with E-state index in [-0.39, 0.29) is 5.43 Å². The van der Waals surface area contributed by atoms with Crippen LogP contribution in [0.2, 0.25) is 0 Å². The van der Waals surface area contributed by atoms with Crippen LogP contribution in [0.1, 0.15) is 25.3 Å². The van der Waals surface area contributed by atoms with Crippen LogP contribution >= 0.6 is 0 Å². The van der Waals surface area contributed by atoms with Crippen molar-refractivity contribution in [1.82, 2.24) is 4.57 Å². The molecule has 0 aliphatic rings. The normalized spacial score (nSPS) is 11.2. The summed E-state index contributed by atoms with van der Waals surface area (Å²) < 4.78 is 7.54. The first-order chi connectivity index (χ1) is 10.7. The fourth-order valence-electron chi connectivity index (χ4n) is 2.96. The van der Waals surface area contributed by atoms with Gasteiger partial charge in [-0.05, 0) is 43.7 Å². The smallest absolute Gasteiger partial charge is 0.197 e. The summed E-state index contributed by atoms with van der Waals surface area (Å²) in [6, 6.07) is 11.9. The Labute approximate surface area is 130 Å². The molecule has 0 bridgehead atoms. The minimum absolute atomic E-state index is 0.0837.